The van der Waals surface area contributed by atoms with E-state index in [1.54, 1.807) is 6.92 Å². The largest absolute Gasteiger partial charge is 0.345 e. The second-order valence-electron chi connectivity index (χ2n) is 8.64. The van der Waals surface area contributed by atoms with Crippen LogP contribution in [0.3, 0.4) is 0 Å². The second kappa shape index (κ2) is 9.25. The van der Waals surface area contributed by atoms with Gasteiger partial charge < -0.3 is 10.6 Å². The molecule has 1 unspecified atom stereocenters. The standard InChI is InChI=1S/C23H32N4O2/c1-16(24-21(28)14-17-10-6-4-7-11-17)22(29)25-20-15-19(26-27-20)23(2,3)18-12-8-5-9-13-18/h5,8-9,12-13,15-17H,4,6-7,10-11,14H2,1-3H3,(H,24,28)(H2,25,26,27,29). The van der Waals surface area contributed by atoms with Crippen LogP contribution < -0.4 is 10.6 Å². The highest BCUT2D eigenvalue weighted by Crippen LogP contribution is 2.31. The quantitative estimate of drug-likeness (QED) is 0.657. The van der Waals surface area contributed by atoms with Gasteiger partial charge in [-0.2, -0.15) is 5.10 Å². The van der Waals surface area contributed by atoms with Crippen molar-refractivity contribution in [2.45, 2.75) is 70.8 Å². The Morgan fingerprint density at radius 2 is 1.86 bits per heavy atom. The van der Waals surface area contributed by atoms with Gasteiger partial charge in [-0.1, -0.05) is 63.4 Å². The summed E-state index contributed by atoms with van der Waals surface area (Å²) in [5.74, 6) is 0.598. The van der Waals surface area contributed by atoms with E-state index in [4.69, 9.17) is 0 Å². The lowest BCUT2D eigenvalue weighted by Crippen LogP contribution is -2.42. The predicted octanol–water partition coefficient (Wildman–Crippen LogP) is 4.15. The van der Waals surface area contributed by atoms with Crippen molar-refractivity contribution < 1.29 is 9.59 Å². The maximum atomic E-state index is 12.5. The van der Waals surface area contributed by atoms with Gasteiger partial charge in [0.05, 0.1) is 0 Å². The molecule has 0 spiro atoms. The molecular formula is C23H32N4O2. The summed E-state index contributed by atoms with van der Waals surface area (Å²) >= 11 is 0. The minimum Gasteiger partial charge on any atom is -0.345 e. The number of aromatic nitrogens is 2. The molecule has 0 aliphatic heterocycles. The molecule has 1 aliphatic carbocycles. The molecule has 1 heterocycles. The van der Waals surface area contributed by atoms with E-state index in [2.05, 4.69) is 46.8 Å². The Morgan fingerprint density at radius 1 is 1.17 bits per heavy atom. The molecule has 1 fully saturated rings. The number of rotatable bonds is 7. The van der Waals surface area contributed by atoms with Gasteiger partial charge in [-0.3, -0.25) is 14.7 Å². The molecule has 2 aromatic rings. The number of aromatic amines is 1. The molecule has 0 saturated heterocycles. The van der Waals surface area contributed by atoms with Crippen molar-refractivity contribution in [3.63, 3.8) is 0 Å². The number of nitrogens with one attached hydrogen (secondary N) is 3. The Morgan fingerprint density at radius 3 is 2.55 bits per heavy atom. The van der Waals surface area contributed by atoms with Crippen LogP contribution in [-0.2, 0) is 15.0 Å². The van der Waals surface area contributed by atoms with Gasteiger partial charge in [0.25, 0.3) is 0 Å². The maximum absolute atomic E-state index is 12.5. The van der Waals surface area contributed by atoms with E-state index in [1.165, 1.54) is 19.3 Å². The van der Waals surface area contributed by atoms with Gasteiger partial charge in [-0.05, 0) is 31.2 Å². The van der Waals surface area contributed by atoms with Gasteiger partial charge in [0.2, 0.25) is 11.8 Å². The number of anilines is 1. The third-order valence-electron chi connectivity index (χ3n) is 5.97. The third kappa shape index (κ3) is 5.46. The normalized spacial score (nSPS) is 16.2. The van der Waals surface area contributed by atoms with Crippen LogP contribution in [0.5, 0.6) is 0 Å². The summed E-state index contributed by atoms with van der Waals surface area (Å²) in [4.78, 5) is 24.7. The summed E-state index contributed by atoms with van der Waals surface area (Å²) in [6, 6.07) is 11.4. The SMILES string of the molecule is CC(NC(=O)CC1CCCCC1)C(=O)Nc1cc(C(C)(C)c2ccccc2)[nH]n1. The third-order valence-corrected chi connectivity index (χ3v) is 5.97. The Kier molecular flexibility index (Phi) is 6.72. The number of carbonyl (C=O) groups is 2. The van der Waals surface area contributed by atoms with Crippen molar-refractivity contribution in [1.29, 1.82) is 0 Å². The number of H-pyrrole nitrogens is 1. The van der Waals surface area contributed by atoms with Crippen LogP contribution in [0.15, 0.2) is 36.4 Å². The van der Waals surface area contributed by atoms with E-state index in [0.29, 0.717) is 18.2 Å². The Balaban J connectivity index is 1.54. The monoisotopic (exact) mass is 396 g/mol. The van der Waals surface area contributed by atoms with Crippen molar-refractivity contribution in [2.75, 3.05) is 5.32 Å². The number of carbonyl (C=O) groups excluding carboxylic acids is 2. The first-order valence-electron chi connectivity index (χ1n) is 10.6. The fourth-order valence-corrected chi connectivity index (χ4v) is 3.97. The highest BCUT2D eigenvalue weighted by molar-refractivity contribution is 5.96. The summed E-state index contributed by atoms with van der Waals surface area (Å²) in [5.41, 5.74) is 1.80. The van der Waals surface area contributed by atoms with E-state index >= 15 is 0 Å². The summed E-state index contributed by atoms with van der Waals surface area (Å²) in [7, 11) is 0. The molecule has 0 bridgehead atoms. The van der Waals surface area contributed by atoms with Crippen LogP contribution in [-0.4, -0.2) is 28.1 Å². The summed E-state index contributed by atoms with van der Waals surface area (Å²) in [5, 5.41) is 12.9. The lowest BCUT2D eigenvalue weighted by atomic mass is 9.82. The van der Waals surface area contributed by atoms with Crippen LogP contribution in [0, 0.1) is 5.92 Å². The average Bonchev–Trinajstić information content (AvgIpc) is 3.18. The van der Waals surface area contributed by atoms with E-state index in [-0.39, 0.29) is 17.2 Å². The number of hydrogen-bond donors (Lipinski definition) is 3. The minimum atomic E-state index is -0.603. The van der Waals surface area contributed by atoms with Crippen LogP contribution in [0.2, 0.25) is 0 Å². The van der Waals surface area contributed by atoms with Crippen LogP contribution in [0.4, 0.5) is 5.82 Å². The van der Waals surface area contributed by atoms with Crippen LogP contribution in [0.1, 0.15) is 70.6 Å². The lowest BCUT2D eigenvalue weighted by Gasteiger charge is -2.23. The Hall–Kier alpha value is -2.63. The Bertz CT molecular complexity index is 822. The molecule has 6 nitrogen and oxygen atoms in total. The van der Waals surface area contributed by atoms with E-state index in [9.17, 15) is 9.59 Å². The molecule has 6 heteroatoms. The Labute approximate surface area is 172 Å². The second-order valence-corrected chi connectivity index (χ2v) is 8.64. The lowest BCUT2D eigenvalue weighted by molar-refractivity contribution is -0.127. The molecule has 1 atom stereocenters. The molecule has 3 rings (SSSR count). The van der Waals surface area contributed by atoms with Crippen LogP contribution >= 0.6 is 0 Å². The van der Waals surface area contributed by atoms with Crippen LogP contribution in [0.25, 0.3) is 0 Å². The van der Waals surface area contributed by atoms with E-state index in [1.807, 2.05) is 24.3 Å². The summed E-state index contributed by atoms with van der Waals surface area (Å²) in [6.45, 7) is 5.92. The molecule has 0 radical (unpaired) electrons. The summed E-state index contributed by atoms with van der Waals surface area (Å²) < 4.78 is 0. The van der Waals surface area contributed by atoms with Gasteiger partial charge in [-0.25, -0.2) is 0 Å². The van der Waals surface area contributed by atoms with Crippen molar-refractivity contribution in [3.8, 4) is 0 Å². The number of hydrogen-bond acceptors (Lipinski definition) is 3. The molecule has 3 N–H and O–H groups in total. The number of amides is 2. The minimum absolute atomic E-state index is 0.0486. The molecule has 2 amide bonds. The van der Waals surface area contributed by atoms with Crippen molar-refractivity contribution >= 4 is 17.6 Å². The maximum Gasteiger partial charge on any atom is 0.247 e. The molecule has 1 aliphatic rings. The zero-order valence-electron chi connectivity index (χ0n) is 17.6. The molecule has 156 valence electrons. The fraction of sp³-hybridized carbons (Fsp3) is 0.522. The smallest absolute Gasteiger partial charge is 0.247 e. The molecular weight excluding hydrogens is 364 g/mol. The van der Waals surface area contributed by atoms with Gasteiger partial charge in [0.1, 0.15) is 6.04 Å². The molecule has 1 saturated carbocycles. The first kappa shape index (κ1) is 21.1. The number of nitrogens with zero attached hydrogens (tertiary/aromatic N) is 1. The van der Waals surface area contributed by atoms with E-state index < -0.39 is 6.04 Å². The van der Waals surface area contributed by atoms with Crippen molar-refractivity contribution in [2.24, 2.45) is 5.92 Å². The average molecular weight is 397 g/mol. The van der Waals surface area contributed by atoms with Gasteiger partial charge >= 0.3 is 0 Å². The first-order chi connectivity index (χ1) is 13.9. The predicted molar refractivity (Wildman–Crippen MR) is 115 cm³/mol. The van der Waals surface area contributed by atoms with Gasteiger partial charge in [-0.15, -0.1) is 0 Å². The zero-order valence-corrected chi connectivity index (χ0v) is 17.6. The molecule has 29 heavy (non-hydrogen) atoms. The van der Waals surface area contributed by atoms with E-state index in [0.717, 1.165) is 24.1 Å². The topological polar surface area (TPSA) is 86.9 Å². The molecule has 1 aromatic carbocycles. The zero-order chi connectivity index (χ0) is 20.9. The van der Waals surface area contributed by atoms with Gasteiger partial charge in [0, 0.05) is 23.6 Å². The highest BCUT2D eigenvalue weighted by atomic mass is 16.2. The van der Waals surface area contributed by atoms with Gasteiger partial charge in [0.15, 0.2) is 5.82 Å². The van der Waals surface area contributed by atoms with Crippen molar-refractivity contribution in [1.82, 2.24) is 15.5 Å². The number of benzene rings is 1. The molecule has 1 aromatic heterocycles. The first-order valence-corrected chi connectivity index (χ1v) is 10.6. The fourth-order valence-electron chi connectivity index (χ4n) is 3.97. The summed E-state index contributed by atoms with van der Waals surface area (Å²) in [6.07, 6.45) is 6.41. The van der Waals surface area contributed by atoms with Crippen molar-refractivity contribution in [3.05, 3.63) is 47.7 Å². The highest BCUT2D eigenvalue weighted by Gasteiger charge is 2.26.